The van der Waals surface area contributed by atoms with E-state index in [1.165, 1.54) is 0 Å². The summed E-state index contributed by atoms with van der Waals surface area (Å²) in [5.74, 6) is -0.123. The first-order valence-electron chi connectivity index (χ1n) is 6.25. The van der Waals surface area contributed by atoms with Crippen molar-refractivity contribution in [2.45, 2.75) is 39.0 Å². The maximum absolute atomic E-state index is 11.6. The quantitative estimate of drug-likeness (QED) is 0.873. The van der Waals surface area contributed by atoms with E-state index in [0.29, 0.717) is 12.3 Å². The summed E-state index contributed by atoms with van der Waals surface area (Å²) in [5, 5.41) is 9.55. The Bertz CT molecular complexity index is 390. The summed E-state index contributed by atoms with van der Waals surface area (Å²) in [5.41, 5.74) is 0.524. The van der Waals surface area contributed by atoms with Gasteiger partial charge in [-0.1, -0.05) is 19.8 Å². The highest BCUT2D eigenvalue weighted by atomic mass is 16.4. The van der Waals surface area contributed by atoms with Gasteiger partial charge in [-0.15, -0.1) is 0 Å². The second kappa shape index (κ2) is 4.86. The Morgan fingerprint density at radius 2 is 2.24 bits per heavy atom. The zero-order chi connectivity index (χ0) is 12.3. The van der Waals surface area contributed by atoms with Crippen molar-refractivity contribution in [1.82, 2.24) is 4.98 Å². The number of hydrogen-bond acceptors (Lipinski definition) is 2. The van der Waals surface area contributed by atoms with Gasteiger partial charge in [-0.05, 0) is 42.9 Å². The Kier molecular flexibility index (Phi) is 3.46. The molecule has 3 nitrogen and oxygen atoms in total. The van der Waals surface area contributed by atoms with Gasteiger partial charge in [0, 0.05) is 12.4 Å². The normalized spacial score (nSPS) is 28.9. The fraction of sp³-hybridized carbons (Fsp3) is 0.571. The lowest BCUT2D eigenvalue weighted by Gasteiger charge is -2.36. The third kappa shape index (κ3) is 2.65. The number of carbonyl (C=O) groups is 1. The van der Waals surface area contributed by atoms with Gasteiger partial charge in [-0.25, -0.2) is 0 Å². The minimum Gasteiger partial charge on any atom is -0.481 e. The highest BCUT2D eigenvalue weighted by molar-refractivity contribution is 5.75. The van der Waals surface area contributed by atoms with E-state index in [9.17, 15) is 9.90 Å². The Morgan fingerprint density at radius 3 is 2.82 bits per heavy atom. The summed E-state index contributed by atoms with van der Waals surface area (Å²) >= 11 is 0. The van der Waals surface area contributed by atoms with Crippen LogP contribution in [0.3, 0.4) is 0 Å². The van der Waals surface area contributed by atoms with Crippen LogP contribution in [0.5, 0.6) is 0 Å². The molecule has 0 spiro atoms. The summed E-state index contributed by atoms with van der Waals surface area (Å²) in [6.07, 6.45) is 7.88. The number of carboxylic acids is 1. The number of aliphatic carboxylic acids is 1. The molecule has 92 valence electrons. The largest absolute Gasteiger partial charge is 0.481 e. The smallest absolute Gasteiger partial charge is 0.309 e. The van der Waals surface area contributed by atoms with Gasteiger partial charge in [0.1, 0.15) is 0 Å². The van der Waals surface area contributed by atoms with Gasteiger partial charge in [0.25, 0.3) is 0 Å². The molecule has 0 radical (unpaired) electrons. The molecule has 0 saturated heterocycles. The molecule has 1 aliphatic rings. The van der Waals surface area contributed by atoms with Crippen molar-refractivity contribution in [3.05, 3.63) is 30.1 Å². The van der Waals surface area contributed by atoms with E-state index in [4.69, 9.17) is 0 Å². The number of hydrogen-bond donors (Lipinski definition) is 1. The summed E-state index contributed by atoms with van der Waals surface area (Å²) in [6, 6.07) is 3.84. The number of rotatable bonds is 3. The highest BCUT2D eigenvalue weighted by Crippen LogP contribution is 2.42. The van der Waals surface area contributed by atoms with E-state index in [-0.39, 0.29) is 0 Å². The van der Waals surface area contributed by atoms with Crippen LogP contribution in [0.4, 0.5) is 0 Å². The van der Waals surface area contributed by atoms with Crippen molar-refractivity contribution in [2.75, 3.05) is 0 Å². The molecular weight excluding hydrogens is 214 g/mol. The van der Waals surface area contributed by atoms with Crippen LogP contribution < -0.4 is 0 Å². The maximum Gasteiger partial charge on any atom is 0.309 e. The van der Waals surface area contributed by atoms with Crippen LogP contribution in [-0.4, -0.2) is 16.1 Å². The van der Waals surface area contributed by atoms with Gasteiger partial charge in [-0.3, -0.25) is 9.78 Å². The van der Waals surface area contributed by atoms with E-state index in [0.717, 1.165) is 31.2 Å². The first-order chi connectivity index (χ1) is 8.12. The molecule has 0 aliphatic heterocycles. The van der Waals surface area contributed by atoms with Crippen LogP contribution in [0.25, 0.3) is 0 Å². The molecule has 1 fully saturated rings. The molecule has 1 aliphatic carbocycles. The monoisotopic (exact) mass is 233 g/mol. The molecule has 0 amide bonds. The molecule has 1 aromatic rings. The van der Waals surface area contributed by atoms with Gasteiger partial charge >= 0.3 is 5.97 Å². The third-order valence-electron chi connectivity index (χ3n) is 3.84. The lowest BCUT2D eigenvalue weighted by Crippen LogP contribution is -2.37. The number of pyridine rings is 1. The third-order valence-corrected chi connectivity index (χ3v) is 3.84. The standard InChI is InChI=1S/C14H19NO2/c1-11-3-2-6-14(9-11,13(16)17)10-12-4-7-15-8-5-12/h4-5,7-8,11H,2-3,6,9-10H2,1H3,(H,16,17). The van der Waals surface area contributed by atoms with Crippen LogP contribution >= 0.6 is 0 Å². The topological polar surface area (TPSA) is 50.2 Å². The summed E-state index contributed by atoms with van der Waals surface area (Å²) in [4.78, 5) is 15.6. The SMILES string of the molecule is CC1CCCC(Cc2ccncc2)(C(=O)O)C1. The van der Waals surface area contributed by atoms with Crippen molar-refractivity contribution in [3.8, 4) is 0 Å². The second-order valence-corrected chi connectivity index (χ2v) is 5.32. The van der Waals surface area contributed by atoms with Crippen LogP contribution in [0.1, 0.15) is 38.2 Å². The second-order valence-electron chi connectivity index (χ2n) is 5.32. The van der Waals surface area contributed by atoms with Gasteiger partial charge in [0.15, 0.2) is 0 Å². The Labute approximate surface area is 102 Å². The lowest BCUT2D eigenvalue weighted by molar-refractivity contribution is -0.152. The van der Waals surface area contributed by atoms with Crippen molar-refractivity contribution < 1.29 is 9.90 Å². The van der Waals surface area contributed by atoms with Crippen molar-refractivity contribution in [2.24, 2.45) is 11.3 Å². The summed E-state index contributed by atoms with van der Waals surface area (Å²) in [6.45, 7) is 2.16. The number of aromatic nitrogens is 1. The van der Waals surface area contributed by atoms with Gasteiger partial charge < -0.3 is 5.11 Å². The Morgan fingerprint density at radius 1 is 1.53 bits per heavy atom. The Hall–Kier alpha value is -1.38. The van der Waals surface area contributed by atoms with Gasteiger partial charge in [0.05, 0.1) is 5.41 Å². The van der Waals surface area contributed by atoms with Crippen molar-refractivity contribution in [1.29, 1.82) is 0 Å². The summed E-state index contributed by atoms with van der Waals surface area (Å²) in [7, 11) is 0. The zero-order valence-corrected chi connectivity index (χ0v) is 10.2. The molecule has 1 aromatic heterocycles. The molecule has 2 rings (SSSR count). The molecule has 1 N–H and O–H groups in total. The minimum atomic E-state index is -0.638. The molecular formula is C14H19NO2. The predicted molar refractivity (Wildman–Crippen MR) is 65.6 cm³/mol. The molecule has 2 unspecified atom stereocenters. The fourth-order valence-electron chi connectivity index (χ4n) is 2.98. The minimum absolute atomic E-state index is 0.515. The molecule has 1 saturated carbocycles. The number of carboxylic acid groups (broad SMARTS) is 1. The van der Waals surface area contributed by atoms with E-state index in [1.807, 2.05) is 12.1 Å². The predicted octanol–water partition coefficient (Wildman–Crippen LogP) is 2.91. The molecule has 1 heterocycles. The first-order valence-corrected chi connectivity index (χ1v) is 6.25. The van der Waals surface area contributed by atoms with E-state index >= 15 is 0 Å². The van der Waals surface area contributed by atoms with Crippen molar-refractivity contribution >= 4 is 5.97 Å². The first kappa shape index (κ1) is 12.1. The summed E-state index contributed by atoms with van der Waals surface area (Å²) < 4.78 is 0. The van der Waals surface area contributed by atoms with Crippen LogP contribution in [0.2, 0.25) is 0 Å². The van der Waals surface area contributed by atoms with Crippen LogP contribution in [0, 0.1) is 11.3 Å². The maximum atomic E-state index is 11.6. The van der Waals surface area contributed by atoms with E-state index in [1.54, 1.807) is 12.4 Å². The molecule has 0 bridgehead atoms. The van der Waals surface area contributed by atoms with E-state index in [2.05, 4.69) is 11.9 Å². The van der Waals surface area contributed by atoms with Gasteiger partial charge in [0.2, 0.25) is 0 Å². The molecule has 2 atom stereocenters. The van der Waals surface area contributed by atoms with Gasteiger partial charge in [-0.2, -0.15) is 0 Å². The van der Waals surface area contributed by atoms with Crippen LogP contribution in [-0.2, 0) is 11.2 Å². The fourth-order valence-corrected chi connectivity index (χ4v) is 2.98. The highest BCUT2D eigenvalue weighted by Gasteiger charge is 2.41. The Balaban J connectivity index is 2.20. The number of nitrogens with zero attached hydrogens (tertiary/aromatic N) is 1. The van der Waals surface area contributed by atoms with Crippen LogP contribution in [0.15, 0.2) is 24.5 Å². The average Bonchev–Trinajstić information content (AvgIpc) is 2.30. The lowest BCUT2D eigenvalue weighted by atomic mass is 9.67. The van der Waals surface area contributed by atoms with Crippen molar-refractivity contribution in [3.63, 3.8) is 0 Å². The molecule has 0 aromatic carbocycles. The van der Waals surface area contributed by atoms with E-state index < -0.39 is 11.4 Å². The average molecular weight is 233 g/mol. The zero-order valence-electron chi connectivity index (χ0n) is 10.2. The molecule has 3 heteroatoms. The molecule has 17 heavy (non-hydrogen) atoms.